The van der Waals surface area contributed by atoms with Crippen LogP contribution in [0.2, 0.25) is 34.5 Å². The van der Waals surface area contributed by atoms with Crippen LogP contribution in [0.1, 0.15) is 50.7 Å². The van der Waals surface area contributed by atoms with E-state index in [2.05, 4.69) is 193 Å². The largest absolute Gasteiger partial charge is 0 e. The maximum Gasteiger partial charge on any atom is 0 e. The Morgan fingerprint density at radius 2 is 1.26 bits per heavy atom. The molecule has 0 N–H and O–H groups in total. The summed E-state index contributed by atoms with van der Waals surface area (Å²) in [5, 5.41) is 2.62. The molecule has 9 aromatic rings. The van der Waals surface area contributed by atoms with Crippen LogP contribution in [0.4, 0.5) is 0 Å². The summed E-state index contributed by atoms with van der Waals surface area (Å²) < 4.78 is 8.05. The normalized spacial score (nSPS) is 11.9. The van der Waals surface area contributed by atoms with E-state index in [9.17, 15) is 0 Å². The fourth-order valence-corrected chi connectivity index (χ4v) is 14.0. The number of para-hydroxylation sites is 2. The van der Waals surface area contributed by atoms with Crippen molar-refractivity contribution >= 4 is 77.9 Å². The van der Waals surface area contributed by atoms with Gasteiger partial charge in [0.2, 0.25) is 0 Å². The van der Waals surface area contributed by atoms with Gasteiger partial charge in [-0.15, -0.1) is 0 Å². The first-order valence-electron chi connectivity index (χ1n) is 21.2. The van der Waals surface area contributed by atoms with E-state index in [1.807, 2.05) is 41.8 Å². The summed E-state index contributed by atoms with van der Waals surface area (Å²) in [6.45, 7) is 9.25. The standard InChI is InChI=1S/C40H39GeN2S.C14H16GeN.Ir/c1-25(2)33-22-28(27-14-9-8-10-15-27)23-34(26(3)4)38(33)43-36-19-12-11-18-35(36)42-40(43)32-17-13-16-31-30-21-20-29(41(5,6)7)24-37(30)44-39(31)32;1-15(2,3)13-9-10-14(16-11-13)12-7-5-4-6-8-12;/h8-16,18-26H,1-7H3;4-7,9-11H,1-3H3;/q2*-1;. The first-order chi connectivity index (χ1) is 28.7. The molecular formula is C54H55Ge2IrN3S-2. The molecule has 311 valence electrons. The Labute approximate surface area is 385 Å². The second kappa shape index (κ2) is 18.3. The minimum atomic E-state index is -1.97. The molecule has 3 aromatic heterocycles. The maximum atomic E-state index is 5.37. The van der Waals surface area contributed by atoms with Crippen LogP contribution in [0.3, 0.4) is 0 Å². The zero-order valence-electron chi connectivity index (χ0n) is 37.0. The molecule has 3 heterocycles. The van der Waals surface area contributed by atoms with E-state index < -0.39 is 26.5 Å². The molecule has 0 aliphatic heterocycles. The SMILES string of the molecule is CC(C)c1cc(-c2ccccc2)cc(C(C)C)c1-n1c(-c2[c-]ccc3c2sc2c[c]([Ge]([CH3])([CH3])[CH3])ccc23)nc2ccccc21.[CH3][Ge]([CH3])([CH3])[c]1ccc(-c2[c-]cccc2)nc1.[Ir]. The molecule has 0 fully saturated rings. The summed E-state index contributed by atoms with van der Waals surface area (Å²) in [6, 6.07) is 54.9. The molecule has 61 heavy (non-hydrogen) atoms. The number of aromatic nitrogens is 3. The summed E-state index contributed by atoms with van der Waals surface area (Å²) in [5.41, 5.74) is 11.7. The van der Waals surface area contributed by atoms with Crippen molar-refractivity contribution < 1.29 is 20.1 Å². The summed E-state index contributed by atoms with van der Waals surface area (Å²) in [4.78, 5) is 9.90. The third-order valence-corrected chi connectivity index (χ3v) is 21.2. The zero-order chi connectivity index (χ0) is 42.3. The van der Waals surface area contributed by atoms with Gasteiger partial charge in [0.1, 0.15) is 0 Å². The smallest absolute Gasteiger partial charge is 0 e. The molecule has 1 radical (unpaired) electrons. The van der Waals surface area contributed by atoms with Crippen LogP contribution in [-0.2, 0) is 20.1 Å². The number of nitrogens with zero attached hydrogens (tertiary/aromatic N) is 3. The average Bonchev–Trinajstić information content (AvgIpc) is 3.82. The van der Waals surface area contributed by atoms with Gasteiger partial charge < -0.3 is 0 Å². The van der Waals surface area contributed by atoms with Crippen molar-refractivity contribution in [2.75, 3.05) is 0 Å². The minimum Gasteiger partial charge on any atom is 0 e. The third-order valence-electron chi connectivity index (χ3n) is 11.4. The fourth-order valence-electron chi connectivity index (χ4n) is 7.96. The number of rotatable bonds is 8. The Kier molecular flexibility index (Phi) is 13.5. The number of benzene rings is 6. The molecule has 0 aliphatic rings. The second-order valence-corrected chi connectivity index (χ2v) is 40.9. The van der Waals surface area contributed by atoms with Gasteiger partial charge in [-0.1, -0.05) is 30.3 Å². The molecule has 0 atom stereocenters. The quantitative estimate of drug-likeness (QED) is 0.112. The first kappa shape index (κ1) is 44.9. The third kappa shape index (κ3) is 9.33. The summed E-state index contributed by atoms with van der Waals surface area (Å²) in [7, 11) is 0. The molecule has 0 saturated heterocycles. The average molecular weight is 1120 g/mol. The molecule has 6 aromatic carbocycles. The second-order valence-electron chi connectivity index (χ2n) is 18.6. The number of hydrogen-bond acceptors (Lipinski definition) is 3. The topological polar surface area (TPSA) is 30.7 Å². The van der Waals surface area contributed by atoms with Crippen molar-refractivity contribution in [1.82, 2.24) is 14.5 Å². The Hall–Kier alpha value is -4.10. The van der Waals surface area contributed by atoms with Gasteiger partial charge in [-0.3, -0.25) is 0 Å². The number of hydrogen-bond donors (Lipinski definition) is 0. The van der Waals surface area contributed by atoms with Gasteiger partial charge in [-0.25, -0.2) is 0 Å². The fraction of sp³-hybridized carbons (Fsp3) is 0.222. The zero-order valence-corrected chi connectivity index (χ0v) is 44.4. The van der Waals surface area contributed by atoms with E-state index in [4.69, 9.17) is 4.98 Å². The molecule has 3 nitrogen and oxygen atoms in total. The van der Waals surface area contributed by atoms with E-state index in [1.165, 1.54) is 52.5 Å². The molecule has 0 saturated carbocycles. The maximum absolute atomic E-state index is 5.37. The molecular weight excluding hydrogens is 1060 g/mol. The van der Waals surface area contributed by atoms with Crippen molar-refractivity contribution in [2.45, 2.75) is 74.1 Å². The van der Waals surface area contributed by atoms with Crippen LogP contribution in [0, 0.1) is 12.1 Å². The van der Waals surface area contributed by atoms with E-state index >= 15 is 0 Å². The Balaban J connectivity index is 0.000000278. The van der Waals surface area contributed by atoms with Gasteiger partial charge in [0.25, 0.3) is 0 Å². The van der Waals surface area contributed by atoms with Crippen molar-refractivity contribution in [1.29, 1.82) is 0 Å². The predicted molar refractivity (Wildman–Crippen MR) is 266 cm³/mol. The van der Waals surface area contributed by atoms with Gasteiger partial charge in [0.15, 0.2) is 0 Å². The monoisotopic (exact) mass is 1120 g/mol. The van der Waals surface area contributed by atoms with E-state index in [0.717, 1.165) is 33.7 Å². The van der Waals surface area contributed by atoms with Crippen LogP contribution >= 0.6 is 11.3 Å². The number of fused-ring (bicyclic) bond motifs is 4. The van der Waals surface area contributed by atoms with Gasteiger partial charge >= 0.3 is 333 Å². The van der Waals surface area contributed by atoms with Crippen molar-refractivity contribution in [2.24, 2.45) is 0 Å². The van der Waals surface area contributed by atoms with Gasteiger partial charge in [-0.2, -0.15) is 0 Å². The van der Waals surface area contributed by atoms with Crippen LogP contribution < -0.4 is 8.79 Å². The number of imidazole rings is 1. The Bertz CT molecular complexity index is 2910. The summed E-state index contributed by atoms with van der Waals surface area (Å²) in [5.74, 6) is 16.2. The van der Waals surface area contributed by atoms with Crippen LogP contribution in [-0.4, -0.2) is 41.1 Å². The molecule has 0 amide bonds. The van der Waals surface area contributed by atoms with E-state index in [-0.39, 0.29) is 20.1 Å². The van der Waals surface area contributed by atoms with Crippen LogP contribution in [0.15, 0.2) is 140 Å². The Morgan fingerprint density at radius 1 is 0.607 bits per heavy atom. The molecule has 0 unspecified atom stereocenters. The van der Waals surface area contributed by atoms with E-state index in [0.29, 0.717) is 11.8 Å². The van der Waals surface area contributed by atoms with Crippen molar-refractivity contribution in [3.8, 4) is 39.5 Å². The number of thiophene rings is 1. The molecule has 0 bridgehead atoms. The van der Waals surface area contributed by atoms with Gasteiger partial charge in [0, 0.05) is 20.1 Å². The minimum absolute atomic E-state index is 0. The molecule has 9 rings (SSSR count). The Morgan fingerprint density at radius 3 is 1.89 bits per heavy atom. The summed E-state index contributed by atoms with van der Waals surface area (Å²) in [6.07, 6.45) is 2.04. The van der Waals surface area contributed by atoms with Crippen LogP contribution in [0.5, 0.6) is 0 Å². The van der Waals surface area contributed by atoms with E-state index in [1.54, 1.807) is 4.40 Å². The van der Waals surface area contributed by atoms with Gasteiger partial charge in [-0.05, 0) is 5.56 Å². The van der Waals surface area contributed by atoms with Crippen LogP contribution in [0.25, 0.3) is 70.7 Å². The predicted octanol–water partition coefficient (Wildman–Crippen LogP) is 14.4. The number of pyridine rings is 1. The summed E-state index contributed by atoms with van der Waals surface area (Å²) >= 11 is -1.79. The van der Waals surface area contributed by atoms with Crippen molar-refractivity contribution in [3.63, 3.8) is 0 Å². The van der Waals surface area contributed by atoms with Gasteiger partial charge in [0.05, 0.1) is 0 Å². The molecule has 0 aliphatic carbocycles. The molecule has 0 spiro atoms. The van der Waals surface area contributed by atoms with Crippen molar-refractivity contribution in [3.05, 3.63) is 163 Å². The first-order valence-corrected chi connectivity index (χ1v) is 36.7. The molecule has 7 heteroatoms.